The van der Waals surface area contributed by atoms with Gasteiger partial charge in [0.1, 0.15) is 6.04 Å². The molecule has 3 heterocycles. The molecule has 0 unspecified atom stereocenters. The molecule has 1 saturated carbocycles. The standard InChI is InChI=1S/C13H20N6O6S/c14-7-3-8(4-7)15-5-11-16-17-12(24-11)10-2-1-9-6-18(10)13(20)19(9)25-26(21,22)23/h7-10,15H,1-6,14H2,(H,21,22,23)/t7-,8-,9-,10-/m0/s1. The van der Waals surface area contributed by atoms with Gasteiger partial charge in [-0.05, 0) is 25.7 Å². The van der Waals surface area contributed by atoms with Crippen LogP contribution < -0.4 is 11.1 Å². The number of urea groups is 1. The highest BCUT2D eigenvalue weighted by Gasteiger charge is 2.49. The molecule has 2 atom stereocenters. The second-order valence-corrected chi connectivity index (χ2v) is 7.86. The van der Waals surface area contributed by atoms with Crippen LogP contribution in [0.3, 0.4) is 0 Å². The fourth-order valence-corrected chi connectivity index (χ4v) is 4.01. The topological polar surface area (TPSA) is 164 Å². The summed E-state index contributed by atoms with van der Waals surface area (Å²) >= 11 is 0. The quantitative estimate of drug-likeness (QED) is 0.532. The van der Waals surface area contributed by atoms with E-state index >= 15 is 0 Å². The van der Waals surface area contributed by atoms with Crippen LogP contribution in [0.1, 0.15) is 43.5 Å². The first-order chi connectivity index (χ1) is 12.3. The second-order valence-electron chi connectivity index (χ2n) is 6.85. The van der Waals surface area contributed by atoms with Crippen molar-refractivity contribution in [2.75, 3.05) is 6.54 Å². The zero-order valence-electron chi connectivity index (χ0n) is 13.8. The number of nitrogens with zero attached hydrogens (tertiary/aromatic N) is 4. The van der Waals surface area contributed by atoms with E-state index in [1.807, 2.05) is 0 Å². The smallest absolute Gasteiger partial charge is 0.418 e. The largest absolute Gasteiger partial charge is 0.422 e. The van der Waals surface area contributed by atoms with Gasteiger partial charge in [-0.1, -0.05) is 0 Å². The number of hydroxylamine groups is 2. The first-order valence-electron chi connectivity index (χ1n) is 8.38. The molecular formula is C13H20N6O6S. The van der Waals surface area contributed by atoms with Crippen LogP contribution in [-0.4, -0.2) is 63.8 Å². The lowest BCUT2D eigenvalue weighted by atomic mass is 9.88. The van der Waals surface area contributed by atoms with Gasteiger partial charge >= 0.3 is 16.4 Å². The van der Waals surface area contributed by atoms with Crippen LogP contribution in [0.25, 0.3) is 0 Å². The van der Waals surface area contributed by atoms with Crippen molar-refractivity contribution >= 4 is 16.4 Å². The summed E-state index contributed by atoms with van der Waals surface area (Å²) in [6, 6.07) is -0.965. The first kappa shape index (κ1) is 17.6. The molecule has 2 saturated heterocycles. The second kappa shape index (κ2) is 6.42. The van der Waals surface area contributed by atoms with E-state index in [9.17, 15) is 13.2 Å². The molecule has 144 valence electrons. The summed E-state index contributed by atoms with van der Waals surface area (Å²) < 4.78 is 40.7. The average molecular weight is 388 g/mol. The summed E-state index contributed by atoms with van der Waals surface area (Å²) in [4.78, 5) is 13.8. The van der Waals surface area contributed by atoms with E-state index < -0.39 is 28.5 Å². The number of rotatable bonds is 6. The van der Waals surface area contributed by atoms with Gasteiger partial charge in [0.15, 0.2) is 0 Å². The van der Waals surface area contributed by atoms with E-state index in [-0.39, 0.29) is 12.6 Å². The van der Waals surface area contributed by atoms with Gasteiger partial charge in [-0.15, -0.1) is 14.5 Å². The molecule has 2 aliphatic heterocycles. The van der Waals surface area contributed by atoms with Crippen molar-refractivity contribution in [3.05, 3.63) is 11.8 Å². The number of fused-ring (bicyclic) bond motifs is 2. The van der Waals surface area contributed by atoms with Crippen molar-refractivity contribution in [2.24, 2.45) is 5.73 Å². The van der Waals surface area contributed by atoms with Crippen molar-refractivity contribution in [1.82, 2.24) is 25.5 Å². The molecule has 3 fully saturated rings. The predicted molar refractivity (Wildman–Crippen MR) is 84.5 cm³/mol. The third kappa shape index (κ3) is 3.40. The highest BCUT2D eigenvalue weighted by Crippen LogP contribution is 2.38. The number of aromatic nitrogens is 2. The average Bonchev–Trinajstić information content (AvgIpc) is 3.10. The number of carbonyl (C=O) groups is 1. The molecule has 13 heteroatoms. The van der Waals surface area contributed by atoms with Gasteiger partial charge in [-0.25, -0.2) is 4.79 Å². The minimum Gasteiger partial charge on any atom is -0.422 e. The Kier molecular flexibility index (Phi) is 4.35. The maximum absolute atomic E-state index is 12.4. The Bertz CT molecular complexity index is 793. The molecule has 1 aromatic heterocycles. The molecular weight excluding hydrogens is 368 g/mol. The monoisotopic (exact) mass is 388 g/mol. The third-order valence-electron chi connectivity index (χ3n) is 4.98. The van der Waals surface area contributed by atoms with Gasteiger partial charge < -0.3 is 20.4 Å². The van der Waals surface area contributed by atoms with E-state index in [2.05, 4.69) is 19.8 Å². The van der Waals surface area contributed by atoms with E-state index in [1.165, 1.54) is 4.90 Å². The summed E-state index contributed by atoms with van der Waals surface area (Å²) in [5, 5.41) is 12.0. The number of nitrogens with two attached hydrogens (primary N) is 1. The zero-order valence-corrected chi connectivity index (χ0v) is 14.6. The number of carbonyl (C=O) groups excluding carboxylic acids is 1. The summed E-state index contributed by atoms with van der Waals surface area (Å²) in [5.74, 6) is 0.716. The van der Waals surface area contributed by atoms with Crippen LogP contribution in [-0.2, 0) is 21.2 Å². The van der Waals surface area contributed by atoms with Gasteiger partial charge in [-0.2, -0.15) is 13.5 Å². The maximum atomic E-state index is 12.4. The molecule has 4 N–H and O–H groups in total. The van der Waals surface area contributed by atoms with Gasteiger partial charge in [0, 0.05) is 18.6 Å². The molecule has 1 aromatic rings. The molecule has 26 heavy (non-hydrogen) atoms. The highest BCUT2D eigenvalue weighted by atomic mass is 32.3. The van der Waals surface area contributed by atoms with Crippen molar-refractivity contribution < 1.29 is 26.5 Å². The minimum absolute atomic E-state index is 0.245. The van der Waals surface area contributed by atoms with Gasteiger partial charge in [-0.3, -0.25) is 4.55 Å². The molecule has 12 nitrogen and oxygen atoms in total. The lowest BCUT2D eigenvalue weighted by molar-refractivity contribution is -0.0317. The van der Waals surface area contributed by atoms with Crippen LogP contribution >= 0.6 is 0 Å². The SMILES string of the molecule is N[C@H]1C[C@H](NCc2nnc([C@@H]3CC[C@H]4CN3C(=O)N4OS(=O)(=O)O)o2)C1. The fourth-order valence-electron chi connectivity index (χ4n) is 3.62. The highest BCUT2D eigenvalue weighted by molar-refractivity contribution is 7.80. The Morgan fingerprint density at radius 1 is 1.35 bits per heavy atom. The molecule has 0 spiro atoms. The van der Waals surface area contributed by atoms with Crippen molar-refractivity contribution in [1.29, 1.82) is 0 Å². The van der Waals surface area contributed by atoms with Gasteiger partial charge in [0.25, 0.3) is 0 Å². The normalized spacial score (nSPS) is 31.4. The molecule has 3 aliphatic rings. The molecule has 0 radical (unpaired) electrons. The lowest BCUT2D eigenvalue weighted by Crippen LogP contribution is -2.48. The molecule has 2 amide bonds. The minimum atomic E-state index is -4.76. The fraction of sp³-hybridized carbons (Fsp3) is 0.769. The molecule has 0 aromatic carbocycles. The van der Waals surface area contributed by atoms with Crippen molar-refractivity contribution in [3.63, 3.8) is 0 Å². The van der Waals surface area contributed by atoms with Crippen LogP contribution in [0.15, 0.2) is 4.42 Å². The van der Waals surface area contributed by atoms with E-state index in [1.54, 1.807) is 0 Å². The molecule has 4 rings (SSSR count). The first-order valence-corrected chi connectivity index (χ1v) is 9.75. The number of hydrogen-bond donors (Lipinski definition) is 3. The van der Waals surface area contributed by atoms with Gasteiger partial charge in [0.2, 0.25) is 11.8 Å². The summed E-state index contributed by atoms with van der Waals surface area (Å²) in [7, 11) is -4.76. The van der Waals surface area contributed by atoms with E-state index in [0.29, 0.717) is 42.3 Å². The summed E-state index contributed by atoms with van der Waals surface area (Å²) in [6.07, 6.45) is 2.83. The Morgan fingerprint density at radius 2 is 2.12 bits per heavy atom. The number of amides is 2. The third-order valence-corrected chi connectivity index (χ3v) is 5.33. The lowest BCUT2D eigenvalue weighted by Gasteiger charge is -2.32. The number of piperidine rings is 1. The predicted octanol–water partition coefficient (Wildman–Crippen LogP) is -0.676. The van der Waals surface area contributed by atoms with Gasteiger partial charge in [0.05, 0.1) is 12.6 Å². The zero-order chi connectivity index (χ0) is 18.5. The van der Waals surface area contributed by atoms with Crippen LogP contribution in [0.4, 0.5) is 4.79 Å². The van der Waals surface area contributed by atoms with Crippen LogP contribution in [0.5, 0.6) is 0 Å². The molecule has 1 aliphatic carbocycles. The van der Waals surface area contributed by atoms with Crippen LogP contribution in [0, 0.1) is 0 Å². The number of nitrogens with one attached hydrogen (secondary N) is 1. The Labute approximate surface area is 149 Å². The van der Waals surface area contributed by atoms with E-state index in [0.717, 1.165) is 12.8 Å². The Balaban J connectivity index is 1.40. The Morgan fingerprint density at radius 3 is 2.81 bits per heavy atom. The van der Waals surface area contributed by atoms with Crippen LogP contribution in [0.2, 0.25) is 0 Å². The molecule has 2 bridgehead atoms. The number of hydrogen-bond acceptors (Lipinski definition) is 9. The van der Waals surface area contributed by atoms with E-state index in [4.69, 9.17) is 14.7 Å². The summed E-state index contributed by atoms with van der Waals surface area (Å²) in [6.45, 7) is 0.681. The maximum Gasteiger partial charge on any atom is 0.418 e. The summed E-state index contributed by atoms with van der Waals surface area (Å²) in [5.41, 5.74) is 5.74. The Hall–Kier alpha value is -1.80. The van der Waals surface area contributed by atoms with Crippen molar-refractivity contribution in [2.45, 2.75) is 56.4 Å². The van der Waals surface area contributed by atoms with Crippen molar-refractivity contribution in [3.8, 4) is 0 Å².